The second-order valence-corrected chi connectivity index (χ2v) is 3.81. The van der Waals surface area contributed by atoms with E-state index in [4.69, 9.17) is 0 Å². The van der Waals surface area contributed by atoms with E-state index in [0.29, 0.717) is 0 Å². The van der Waals surface area contributed by atoms with Crippen molar-refractivity contribution in [2.45, 2.75) is 39.3 Å². The van der Waals surface area contributed by atoms with E-state index in [2.05, 4.69) is 30.4 Å². The first-order chi connectivity index (χ1) is 6.40. The van der Waals surface area contributed by atoms with Gasteiger partial charge in [-0.15, -0.1) is 0 Å². The molecule has 0 fully saturated rings. The van der Waals surface area contributed by atoms with Gasteiger partial charge in [0.1, 0.15) is 0 Å². The van der Waals surface area contributed by atoms with Gasteiger partial charge in [-0.25, -0.2) is 0 Å². The summed E-state index contributed by atoms with van der Waals surface area (Å²) in [6, 6.07) is 6.92. The van der Waals surface area contributed by atoms with E-state index < -0.39 is 0 Å². The molecule has 1 aromatic rings. The molecule has 1 N–H and O–H groups in total. The Morgan fingerprint density at radius 1 is 1.23 bits per heavy atom. The summed E-state index contributed by atoms with van der Waals surface area (Å²) in [5.74, 6) is 0. The molecule has 0 aromatic heterocycles. The van der Waals surface area contributed by atoms with E-state index in [0.717, 1.165) is 13.1 Å². The van der Waals surface area contributed by atoms with Crippen molar-refractivity contribution in [1.82, 2.24) is 5.32 Å². The molecule has 1 heteroatoms. The number of fused-ring (bicyclic) bond motifs is 1. The number of aryl methyl sites for hydroxylation is 1. The summed E-state index contributed by atoms with van der Waals surface area (Å²) < 4.78 is 0. The third-order valence-corrected chi connectivity index (χ3v) is 2.72. The minimum Gasteiger partial charge on any atom is -0.309 e. The Kier molecular flexibility index (Phi) is 2.65. The highest BCUT2D eigenvalue weighted by Gasteiger charge is 2.09. The van der Waals surface area contributed by atoms with Crippen molar-refractivity contribution in [3.05, 3.63) is 34.9 Å². The minimum absolute atomic E-state index is 1.06. The molecule has 0 saturated carbocycles. The van der Waals surface area contributed by atoms with Gasteiger partial charge < -0.3 is 5.32 Å². The molecule has 1 aliphatic rings. The zero-order valence-corrected chi connectivity index (χ0v) is 8.27. The number of rotatable bonds is 3. The molecule has 2 rings (SSSR count). The number of hydrogen-bond acceptors (Lipinski definition) is 1. The van der Waals surface area contributed by atoms with Crippen molar-refractivity contribution in [2.75, 3.05) is 0 Å². The SMILES string of the molecule is CCCCc1ccc2c(c1)CNC2. The van der Waals surface area contributed by atoms with E-state index in [1.165, 1.54) is 36.0 Å². The number of hydrogen-bond donors (Lipinski definition) is 1. The standard InChI is InChI=1S/C12H17N/c1-2-3-4-10-5-6-11-8-13-9-12(11)7-10/h5-7,13H,2-4,8-9H2,1H3. The Bertz CT molecular complexity index is 291. The Balaban J connectivity index is 2.12. The molecule has 0 aliphatic carbocycles. The first kappa shape index (κ1) is 8.76. The van der Waals surface area contributed by atoms with Gasteiger partial charge in [-0.3, -0.25) is 0 Å². The van der Waals surface area contributed by atoms with Gasteiger partial charge in [-0.2, -0.15) is 0 Å². The average molecular weight is 175 g/mol. The summed E-state index contributed by atoms with van der Waals surface area (Å²) in [7, 11) is 0. The molecule has 0 unspecified atom stereocenters. The number of unbranched alkanes of at least 4 members (excludes halogenated alkanes) is 1. The first-order valence-electron chi connectivity index (χ1n) is 5.21. The summed E-state index contributed by atoms with van der Waals surface area (Å²) >= 11 is 0. The molecule has 1 aliphatic heterocycles. The molecule has 1 nitrogen and oxygen atoms in total. The van der Waals surface area contributed by atoms with Gasteiger partial charge in [0.2, 0.25) is 0 Å². The van der Waals surface area contributed by atoms with Crippen LogP contribution in [-0.2, 0) is 19.5 Å². The molecular formula is C12H17N. The maximum atomic E-state index is 3.37. The molecule has 13 heavy (non-hydrogen) atoms. The van der Waals surface area contributed by atoms with Gasteiger partial charge in [0.15, 0.2) is 0 Å². The highest BCUT2D eigenvalue weighted by atomic mass is 14.9. The molecule has 0 saturated heterocycles. The van der Waals surface area contributed by atoms with Crippen molar-refractivity contribution in [2.24, 2.45) is 0 Å². The largest absolute Gasteiger partial charge is 0.309 e. The topological polar surface area (TPSA) is 12.0 Å². The fourth-order valence-electron chi connectivity index (χ4n) is 1.88. The monoisotopic (exact) mass is 175 g/mol. The zero-order valence-electron chi connectivity index (χ0n) is 8.27. The number of benzene rings is 1. The predicted molar refractivity (Wildman–Crippen MR) is 55.6 cm³/mol. The lowest BCUT2D eigenvalue weighted by atomic mass is 10.0. The van der Waals surface area contributed by atoms with Crippen LogP contribution >= 0.6 is 0 Å². The molecule has 0 amide bonds. The molecular weight excluding hydrogens is 158 g/mol. The summed E-state index contributed by atoms with van der Waals surface area (Å²) in [5, 5.41) is 3.37. The maximum Gasteiger partial charge on any atom is 0.0212 e. The lowest BCUT2D eigenvalue weighted by molar-refractivity contribution is 0.764. The Morgan fingerprint density at radius 2 is 2.08 bits per heavy atom. The predicted octanol–water partition coefficient (Wildman–Crippen LogP) is 2.63. The van der Waals surface area contributed by atoms with Crippen LogP contribution in [-0.4, -0.2) is 0 Å². The van der Waals surface area contributed by atoms with Crippen LogP contribution in [0.25, 0.3) is 0 Å². The van der Waals surface area contributed by atoms with Crippen molar-refractivity contribution in [3.63, 3.8) is 0 Å². The van der Waals surface area contributed by atoms with Gasteiger partial charge in [-0.05, 0) is 29.5 Å². The Morgan fingerprint density at radius 3 is 2.92 bits per heavy atom. The lowest BCUT2D eigenvalue weighted by Crippen LogP contribution is -1.99. The molecule has 0 spiro atoms. The third-order valence-electron chi connectivity index (χ3n) is 2.72. The Hall–Kier alpha value is -0.820. The normalized spacial score (nSPS) is 14.5. The van der Waals surface area contributed by atoms with E-state index in [1.54, 1.807) is 0 Å². The lowest BCUT2D eigenvalue weighted by Gasteiger charge is -2.02. The van der Waals surface area contributed by atoms with Gasteiger partial charge in [0.25, 0.3) is 0 Å². The average Bonchev–Trinajstić information content (AvgIpc) is 2.61. The molecule has 0 atom stereocenters. The van der Waals surface area contributed by atoms with Gasteiger partial charge in [0.05, 0.1) is 0 Å². The summed E-state index contributed by atoms with van der Waals surface area (Å²) in [6.45, 7) is 4.37. The van der Waals surface area contributed by atoms with E-state index in [-0.39, 0.29) is 0 Å². The van der Waals surface area contributed by atoms with Gasteiger partial charge in [-0.1, -0.05) is 31.5 Å². The molecule has 70 valence electrons. The molecule has 0 radical (unpaired) electrons. The molecule has 1 heterocycles. The smallest absolute Gasteiger partial charge is 0.0212 e. The van der Waals surface area contributed by atoms with Crippen LogP contribution in [0.15, 0.2) is 18.2 Å². The van der Waals surface area contributed by atoms with Crippen LogP contribution in [0.1, 0.15) is 36.5 Å². The van der Waals surface area contributed by atoms with Gasteiger partial charge in [0, 0.05) is 13.1 Å². The molecule has 1 aromatic carbocycles. The fraction of sp³-hybridized carbons (Fsp3) is 0.500. The minimum atomic E-state index is 1.06. The van der Waals surface area contributed by atoms with Crippen molar-refractivity contribution < 1.29 is 0 Å². The van der Waals surface area contributed by atoms with E-state index >= 15 is 0 Å². The third kappa shape index (κ3) is 1.92. The van der Waals surface area contributed by atoms with E-state index in [1.807, 2.05) is 0 Å². The quantitative estimate of drug-likeness (QED) is 0.744. The van der Waals surface area contributed by atoms with Crippen molar-refractivity contribution in [3.8, 4) is 0 Å². The van der Waals surface area contributed by atoms with Crippen LogP contribution in [0.3, 0.4) is 0 Å². The van der Waals surface area contributed by atoms with Crippen LogP contribution < -0.4 is 5.32 Å². The van der Waals surface area contributed by atoms with Crippen LogP contribution in [0, 0.1) is 0 Å². The second-order valence-electron chi connectivity index (χ2n) is 3.81. The highest BCUT2D eigenvalue weighted by Crippen LogP contribution is 2.18. The summed E-state index contributed by atoms with van der Waals surface area (Å²) in [6.07, 6.45) is 3.84. The zero-order chi connectivity index (χ0) is 9.10. The van der Waals surface area contributed by atoms with Gasteiger partial charge >= 0.3 is 0 Å². The van der Waals surface area contributed by atoms with E-state index in [9.17, 15) is 0 Å². The van der Waals surface area contributed by atoms with Crippen molar-refractivity contribution in [1.29, 1.82) is 0 Å². The highest BCUT2D eigenvalue weighted by molar-refractivity contribution is 5.34. The van der Waals surface area contributed by atoms with Crippen molar-refractivity contribution >= 4 is 0 Å². The summed E-state index contributed by atoms with van der Waals surface area (Å²) in [4.78, 5) is 0. The summed E-state index contributed by atoms with van der Waals surface area (Å²) in [5.41, 5.74) is 4.50. The van der Waals surface area contributed by atoms with Crippen LogP contribution in [0.4, 0.5) is 0 Å². The first-order valence-corrected chi connectivity index (χ1v) is 5.21. The maximum absolute atomic E-state index is 3.37. The fourth-order valence-corrected chi connectivity index (χ4v) is 1.88. The van der Waals surface area contributed by atoms with Crippen LogP contribution in [0.2, 0.25) is 0 Å². The molecule has 0 bridgehead atoms. The number of nitrogens with one attached hydrogen (secondary N) is 1. The van der Waals surface area contributed by atoms with Crippen LogP contribution in [0.5, 0.6) is 0 Å². The Labute approximate surface area is 80.2 Å². The second kappa shape index (κ2) is 3.93.